The Morgan fingerprint density at radius 2 is 2.00 bits per heavy atom. The summed E-state index contributed by atoms with van der Waals surface area (Å²) in [5.74, 6) is -3.23. The van der Waals surface area contributed by atoms with Crippen LogP contribution < -0.4 is 11.1 Å². The fraction of sp³-hybridized carbons (Fsp3) is 0.625. The van der Waals surface area contributed by atoms with Crippen molar-refractivity contribution < 1.29 is 19.5 Å². The molecule has 0 fully saturated rings. The van der Waals surface area contributed by atoms with Gasteiger partial charge in [-0.1, -0.05) is 0 Å². The average Bonchev–Trinajstić information content (AvgIpc) is 2.10. The van der Waals surface area contributed by atoms with Crippen molar-refractivity contribution in [1.29, 1.82) is 0 Å². The van der Waals surface area contributed by atoms with Crippen LogP contribution in [0.2, 0.25) is 0 Å². The van der Waals surface area contributed by atoms with Crippen LogP contribution in [0.15, 0.2) is 0 Å². The number of nitrogens with two attached hydrogens (primary N) is 1. The number of rotatable bonds is 6. The molecule has 0 aliphatic heterocycles. The number of carbonyl (C=O) groups excluding carboxylic acids is 2. The zero-order chi connectivity index (χ0) is 11.1. The maximum absolute atomic E-state index is 11.0. The van der Waals surface area contributed by atoms with Crippen LogP contribution in [0.4, 0.5) is 0 Å². The van der Waals surface area contributed by atoms with Crippen molar-refractivity contribution in [3.63, 3.8) is 0 Å². The quantitative estimate of drug-likeness (QED) is 0.382. The molecule has 1 atom stereocenters. The first-order valence-corrected chi connectivity index (χ1v) is 4.24. The highest BCUT2D eigenvalue weighted by Crippen LogP contribution is 1.94. The molecule has 0 aromatic carbocycles. The average molecular weight is 202 g/mol. The van der Waals surface area contributed by atoms with Gasteiger partial charge in [0.25, 0.3) is 0 Å². The summed E-state index contributed by atoms with van der Waals surface area (Å²) in [6.07, 6.45) is 0.606. The fourth-order valence-corrected chi connectivity index (χ4v) is 0.739. The summed E-state index contributed by atoms with van der Waals surface area (Å²) in [5, 5.41) is 10.9. The molecule has 0 aromatic rings. The van der Waals surface area contributed by atoms with E-state index in [2.05, 4.69) is 5.32 Å². The first-order valence-electron chi connectivity index (χ1n) is 4.24. The fourth-order valence-electron chi connectivity index (χ4n) is 0.739. The summed E-state index contributed by atoms with van der Waals surface area (Å²) in [7, 11) is 0. The molecule has 0 saturated carbocycles. The number of nitrogens with one attached hydrogen (secondary N) is 1. The lowest BCUT2D eigenvalue weighted by Gasteiger charge is -2.06. The summed E-state index contributed by atoms with van der Waals surface area (Å²) in [4.78, 5) is 31.7. The largest absolute Gasteiger partial charge is 0.481 e. The molecule has 0 heterocycles. The lowest BCUT2D eigenvalue weighted by atomic mass is 10.1. The summed E-state index contributed by atoms with van der Waals surface area (Å²) in [6, 6.07) is 0. The minimum absolute atomic E-state index is 0.182. The Labute approximate surface area is 81.5 Å². The molecule has 6 heteroatoms. The molecule has 4 N–H and O–H groups in total. The van der Waals surface area contributed by atoms with Crippen molar-refractivity contribution in [2.24, 2.45) is 11.7 Å². The molecule has 80 valence electrons. The van der Waals surface area contributed by atoms with Crippen LogP contribution in [0.5, 0.6) is 0 Å². The molecule has 0 radical (unpaired) electrons. The third kappa shape index (κ3) is 5.13. The van der Waals surface area contributed by atoms with Crippen LogP contribution in [-0.4, -0.2) is 29.4 Å². The van der Waals surface area contributed by atoms with Gasteiger partial charge in [0.05, 0.1) is 0 Å². The number of hydrogen-bond acceptors (Lipinski definition) is 3. The second-order valence-corrected chi connectivity index (χ2v) is 2.92. The predicted molar refractivity (Wildman–Crippen MR) is 48.2 cm³/mol. The summed E-state index contributed by atoms with van der Waals surface area (Å²) in [5.41, 5.74) is 4.87. The van der Waals surface area contributed by atoms with E-state index in [0.29, 0.717) is 6.42 Å². The molecule has 0 aromatic heterocycles. The van der Waals surface area contributed by atoms with E-state index in [1.165, 1.54) is 6.92 Å². The van der Waals surface area contributed by atoms with Crippen molar-refractivity contribution in [2.45, 2.75) is 19.8 Å². The third-order valence-corrected chi connectivity index (χ3v) is 1.66. The highest BCUT2D eigenvalue weighted by Gasteiger charge is 2.19. The van der Waals surface area contributed by atoms with E-state index in [0.717, 1.165) is 0 Å². The van der Waals surface area contributed by atoms with Crippen LogP contribution in [0.25, 0.3) is 0 Å². The van der Waals surface area contributed by atoms with E-state index in [4.69, 9.17) is 10.8 Å². The Bertz CT molecular complexity index is 239. The zero-order valence-electron chi connectivity index (χ0n) is 7.95. The van der Waals surface area contributed by atoms with Gasteiger partial charge in [0.1, 0.15) is 5.92 Å². The van der Waals surface area contributed by atoms with Crippen molar-refractivity contribution in [3.05, 3.63) is 0 Å². The lowest BCUT2D eigenvalue weighted by molar-refractivity contribution is -0.146. The van der Waals surface area contributed by atoms with Gasteiger partial charge in [-0.25, -0.2) is 0 Å². The van der Waals surface area contributed by atoms with E-state index in [9.17, 15) is 14.4 Å². The van der Waals surface area contributed by atoms with Crippen LogP contribution in [0.1, 0.15) is 19.8 Å². The van der Waals surface area contributed by atoms with Crippen molar-refractivity contribution in [2.75, 3.05) is 6.54 Å². The maximum Gasteiger partial charge on any atom is 0.315 e. The lowest BCUT2D eigenvalue weighted by Crippen LogP contribution is -2.34. The van der Waals surface area contributed by atoms with Gasteiger partial charge >= 0.3 is 5.97 Å². The number of carboxylic acid groups (broad SMARTS) is 1. The number of carboxylic acids is 1. The number of primary amides is 1. The van der Waals surface area contributed by atoms with Crippen LogP contribution in [0.3, 0.4) is 0 Å². The smallest absolute Gasteiger partial charge is 0.315 e. The standard InChI is InChI=1S/C8H14N2O4/c1-5(8(13)14)7(12)10-4-2-3-6(9)11/h5H,2-4H2,1H3,(H2,9,11)(H,10,12)(H,13,14). The number of aliphatic carboxylic acids is 1. The number of hydrogen-bond donors (Lipinski definition) is 3. The molecule has 0 spiro atoms. The third-order valence-electron chi connectivity index (χ3n) is 1.66. The normalized spacial score (nSPS) is 11.8. The first kappa shape index (κ1) is 12.4. The van der Waals surface area contributed by atoms with E-state index in [1.807, 2.05) is 0 Å². The van der Waals surface area contributed by atoms with Gasteiger partial charge in [-0.15, -0.1) is 0 Å². The van der Waals surface area contributed by atoms with Crippen molar-refractivity contribution in [3.8, 4) is 0 Å². The van der Waals surface area contributed by atoms with E-state index in [1.54, 1.807) is 0 Å². The highest BCUT2D eigenvalue weighted by molar-refractivity contribution is 5.96. The van der Waals surface area contributed by atoms with Gasteiger partial charge < -0.3 is 16.2 Å². The highest BCUT2D eigenvalue weighted by atomic mass is 16.4. The Morgan fingerprint density at radius 3 is 2.43 bits per heavy atom. The van der Waals surface area contributed by atoms with E-state index < -0.39 is 23.7 Å². The molecule has 14 heavy (non-hydrogen) atoms. The molecule has 6 nitrogen and oxygen atoms in total. The molecule has 0 bridgehead atoms. The molecule has 0 aliphatic rings. The SMILES string of the molecule is CC(C(=O)O)C(=O)NCCCC(N)=O. The zero-order valence-corrected chi connectivity index (χ0v) is 7.95. The van der Waals surface area contributed by atoms with Gasteiger partial charge in [-0.3, -0.25) is 14.4 Å². The number of carbonyl (C=O) groups is 3. The Balaban J connectivity index is 3.64. The minimum atomic E-state index is -1.17. The van der Waals surface area contributed by atoms with Gasteiger partial charge in [0, 0.05) is 13.0 Å². The topological polar surface area (TPSA) is 109 Å². The molecule has 0 rings (SSSR count). The molecule has 2 amide bonds. The van der Waals surface area contributed by atoms with Gasteiger partial charge in [-0.2, -0.15) is 0 Å². The molecule has 0 aliphatic carbocycles. The maximum atomic E-state index is 11.0. The molecule has 1 unspecified atom stereocenters. The van der Waals surface area contributed by atoms with Crippen LogP contribution in [-0.2, 0) is 14.4 Å². The molecule has 0 saturated heterocycles. The van der Waals surface area contributed by atoms with Gasteiger partial charge in [0.15, 0.2) is 0 Å². The first-order chi connectivity index (χ1) is 6.45. The predicted octanol–water partition coefficient (Wildman–Crippen LogP) is -0.911. The van der Waals surface area contributed by atoms with Crippen LogP contribution in [0, 0.1) is 5.92 Å². The van der Waals surface area contributed by atoms with Crippen molar-refractivity contribution in [1.82, 2.24) is 5.32 Å². The summed E-state index contributed by atoms with van der Waals surface area (Å²) < 4.78 is 0. The van der Waals surface area contributed by atoms with Crippen molar-refractivity contribution >= 4 is 17.8 Å². The Hall–Kier alpha value is -1.59. The van der Waals surface area contributed by atoms with Gasteiger partial charge in [-0.05, 0) is 13.3 Å². The number of amides is 2. The minimum Gasteiger partial charge on any atom is -0.481 e. The summed E-state index contributed by atoms with van der Waals surface area (Å²) >= 11 is 0. The van der Waals surface area contributed by atoms with Crippen LogP contribution >= 0.6 is 0 Å². The van der Waals surface area contributed by atoms with E-state index in [-0.39, 0.29) is 13.0 Å². The van der Waals surface area contributed by atoms with Gasteiger partial charge in [0.2, 0.25) is 11.8 Å². The second kappa shape index (κ2) is 5.95. The molecular weight excluding hydrogens is 188 g/mol. The monoisotopic (exact) mass is 202 g/mol. The summed E-state index contributed by atoms with van der Waals surface area (Å²) in [6.45, 7) is 1.56. The Morgan fingerprint density at radius 1 is 1.43 bits per heavy atom. The Kier molecular flexibility index (Phi) is 5.28. The second-order valence-electron chi connectivity index (χ2n) is 2.92. The van der Waals surface area contributed by atoms with E-state index >= 15 is 0 Å². The molecular formula is C8H14N2O4.